The lowest BCUT2D eigenvalue weighted by molar-refractivity contribution is 0.212. The molecule has 0 amide bonds. The molecule has 1 aliphatic heterocycles. The molecule has 4 atom stereocenters. The summed E-state index contributed by atoms with van der Waals surface area (Å²) >= 11 is 0. The van der Waals surface area contributed by atoms with Gasteiger partial charge in [-0.25, -0.2) is 0 Å². The Labute approximate surface area is 89.2 Å². The van der Waals surface area contributed by atoms with Crippen molar-refractivity contribution in [3.8, 4) is 0 Å². The Balaban J connectivity index is 2.07. The number of fused-ring (bicyclic) bond motifs is 2. The molecule has 0 aromatic rings. The second-order valence-corrected chi connectivity index (χ2v) is 5.71. The quantitative estimate of drug-likeness (QED) is 0.453. The second kappa shape index (κ2) is 4.12. The maximum absolute atomic E-state index is 3.91. The van der Waals surface area contributed by atoms with E-state index in [4.69, 9.17) is 0 Å². The topological polar surface area (TPSA) is 0 Å². The number of allylic oxidation sites excluding steroid dienone is 1. The Bertz CT molecular complexity index is 211. The first-order valence-electron chi connectivity index (χ1n) is 6.33. The third-order valence-corrected chi connectivity index (χ3v) is 4.85. The average Bonchev–Trinajstić information content (AvgIpc) is 2.17. The van der Waals surface area contributed by atoms with Crippen LogP contribution in [0.3, 0.4) is 0 Å². The van der Waals surface area contributed by atoms with Crippen molar-refractivity contribution in [3.63, 3.8) is 0 Å². The highest BCUT2D eigenvalue weighted by Crippen LogP contribution is 2.49. The third kappa shape index (κ3) is 1.78. The molecule has 0 N–H and O–H groups in total. The van der Waals surface area contributed by atoms with Crippen molar-refractivity contribution >= 4 is 6.71 Å². The van der Waals surface area contributed by atoms with Gasteiger partial charge in [-0.15, -0.1) is 6.58 Å². The minimum atomic E-state index is 0.953. The van der Waals surface area contributed by atoms with Crippen LogP contribution in [-0.2, 0) is 0 Å². The van der Waals surface area contributed by atoms with Gasteiger partial charge in [-0.2, -0.15) is 0 Å². The lowest BCUT2D eigenvalue weighted by Gasteiger charge is -2.46. The highest BCUT2D eigenvalue weighted by molar-refractivity contribution is 6.61. The molecule has 1 aliphatic carbocycles. The van der Waals surface area contributed by atoms with E-state index in [1.807, 2.05) is 0 Å². The van der Waals surface area contributed by atoms with E-state index in [1.165, 1.54) is 31.9 Å². The zero-order valence-corrected chi connectivity index (χ0v) is 9.71. The third-order valence-electron chi connectivity index (χ3n) is 4.85. The van der Waals surface area contributed by atoms with E-state index in [9.17, 15) is 0 Å². The Morgan fingerprint density at radius 1 is 1.29 bits per heavy atom. The monoisotopic (exact) mass is 190 g/mol. The van der Waals surface area contributed by atoms with Gasteiger partial charge in [-0.05, 0) is 24.2 Å². The first-order chi connectivity index (χ1) is 6.72. The van der Waals surface area contributed by atoms with E-state index in [1.54, 1.807) is 0 Å². The lowest BCUT2D eigenvalue weighted by Crippen LogP contribution is -2.39. The Morgan fingerprint density at radius 2 is 2.07 bits per heavy atom. The maximum Gasteiger partial charge on any atom is 0.147 e. The van der Waals surface area contributed by atoms with Crippen LogP contribution in [0.5, 0.6) is 0 Å². The fourth-order valence-corrected chi connectivity index (χ4v) is 3.89. The van der Waals surface area contributed by atoms with Crippen molar-refractivity contribution in [2.45, 2.75) is 51.6 Å². The second-order valence-electron chi connectivity index (χ2n) is 5.71. The Hall–Kier alpha value is -0.195. The summed E-state index contributed by atoms with van der Waals surface area (Å²) in [6, 6.07) is 0. The predicted molar refractivity (Wildman–Crippen MR) is 65.0 cm³/mol. The van der Waals surface area contributed by atoms with Gasteiger partial charge in [0.25, 0.3) is 0 Å². The molecule has 0 radical (unpaired) electrons. The van der Waals surface area contributed by atoms with Gasteiger partial charge in [-0.1, -0.05) is 51.2 Å². The highest BCUT2D eigenvalue weighted by atomic mass is 14.4. The minimum Gasteiger partial charge on any atom is -0.104 e. The molecular formula is C13H23B. The van der Waals surface area contributed by atoms with Crippen LogP contribution < -0.4 is 0 Å². The van der Waals surface area contributed by atoms with E-state index in [0.717, 1.165) is 30.3 Å². The molecule has 2 fully saturated rings. The summed E-state index contributed by atoms with van der Waals surface area (Å²) in [5.41, 5.74) is 0. The smallest absolute Gasteiger partial charge is 0.104 e. The van der Waals surface area contributed by atoms with Crippen molar-refractivity contribution in [1.29, 1.82) is 0 Å². The summed E-state index contributed by atoms with van der Waals surface area (Å²) in [4.78, 5) is 0. The molecule has 0 spiro atoms. The molecule has 0 nitrogen and oxygen atoms in total. The largest absolute Gasteiger partial charge is 0.147 e. The molecule has 2 bridgehead atoms. The van der Waals surface area contributed by atoms with E-state index >= 15 is 0 Å². The average molecular weight is 190 g/mol. The molecule has 0 aromatic heterocycles. The normalized spacial score (nSPS) is 42.3. The number of hydrogen-bond donors (Lipinski definition) is 0. The van der Waals surface area contributed by atoms with Crippen molar-refractivity contribution < 1.29 is 0 Å². The van der Waals surface area contributed by atoms with Gasteiger partial charge < -0.3 is 0 Å². The summed E-state index contributed by atoms with van der Waals surface area (Å²) in [6.07, 6.45) is 9.35. The maximum atomic E-state index is 3.91. The Morgan fingerprint density at radius 3 is 2.79 bits per heavy atom. The molecule has 14 heavy (non-hydrogen) atoms. The van der Waals surface area contributed by atoms with E-state index in [-0.39, 0.29) is 0 Å². The molecule has 78 valence electrons. The van der Waals surface area contributed by atoms with Crippen molar-refractivity contribution in [2.24, 2.45) is 17.8 Å². The van der Waals surface area contributed by atoms with Crippen LogP contribution in [-0.4, -0.2) is 6.71 Å². The van der Waals surface area contributed by atoms with Gasteiger partial charge >= 0.3 is 0 Å². The van der Waals surface area contributed by atoms with Gasteiger partial charge in [0.15, 0.2) is 0 Å². The molecule has 2 rings (SSSR count). The zero-order valence-electron chi connectivity index (χ0n) is 9.71. The molecule has 1 saturated heterocycles. The first-order valence-corrected chi connectivity index (χ1v) is 6.33. The molecule has 2 aliphatic rings. The first kappa shape index (κ1) is 10.3. The van der Waals surface area contributed by atoms with Crippen molar-refractivity contribution in [1.82, 2.24) is 0 Å². The van der Waals surface area contributed by atoms with Crippen LogP contribution in [0.15, 0.2) is 12.7 Å². The van der Waals surface area contributed by atoms with Gasteiger partial charge in [0, 0.05) is 0 Å². The number of hydrogen-bond acceptors (Lipinski definition) is 0. The van der Waals surface area contributed by atoms with Crippen LogP contribution >= 0.6 is 0 Å². The fraction of sp³-hybridized carbons (Fsp3) is 0.846. The van der Waals surface area contributed by atoms with E-state index < -0.39 is 0 Å². The SMILES string of the molecule is C=CCB1CC(C)C2CCC(C)C1C2. The molecule has 4 unspecified atom stereocenters. The van der Waals surface area contributed by atoms with Crippen LogP contribution in [0.1, 0.15) is 33.1 Å². The highest BCUT2D eigenvalue weighted by Gasteiger charge is 2.41. The fourth-order valence-electron chi connectivity index (χ4n) is 3.89. The standard InChI is InChI=1S/C13H23B/c1-4-7-14-9-11(3)12-6-5-10(2)13(14)8-12/h4,10-13H,1,5-9H2,2-3H3. The number of rotatable bonds is 2. The molecular weight excluding hydrogens is 167 g/mol. The van der Waals surface area contributed by atoms with Crippen LogP contribution in [0.2, 0.25) is 18.5 Å². The summed E-state index contributed by atoms with van der Waals surface area (Å²) in [6.45, 7) is 9.79. The van der Waals surface area contributed by atoms with Crippen LogP contribution in [0.4, 0.5) is 0 Å². The Kier molecular flexibility index (Phi) is 3.04. The summed E-state index contributed by atoms with van der Waals surface area (Å²) in [5.74, 6) is 4.02. The van der Waals surface area contributed by atoms with E-state index in [0.29, 0.717) is 0 Å². The molecule has 1 heterocycles. The van der Waals surface area contributed by atoms with Gasteiger partial charge in [0.2, 0.25) is 0 Å². The van der Waals surface area contributed by atoms with Crippen molar-refractivity contribution in [3.05, 3.63) is 12.7 Å². The molecule has 1 saturated carbocycles. The van der Waals surface area contributed by atoms with Crippen LogP contribution in [0, 0.1) is 17.8 Å². The van der Waals surface area contributed by atoms with Crippen molar-refractivity contribution in [2.75, 3.05) is 0 Å². The minimum absolute atomic E-state index is 0.953. The zero-order chi connectivity index (χ0) is 10.1. The molecule has 0 aromatic carbocycles. The lowest BCUT2D eigenvalue weighted by atomic mass is 9.28. The van der Waals surface area contributed by atoms with Gasteiger partial charge in [0.1, 0.15) is 6.71 Å². The molecule has 1 heteroatoms. The van der Waals surface area contributed by atoms with E-state index in [2.05, 4.69) is 26.5 Å². The summed E-state index contributed by atoms with van der Waals surface area (Å²) < 4.78 is 0. The van der Waals surface area contributed by atoms with Gasteiger partial charge in [-0.3, -0.25) is 0 Å². The summed E-state index contributed by atoms with van der Waals surface area (Å²) in [7, 11) is 0. The van der Waals surface area contributed by atoms with Gasteiger partial charge in [0.05, 0.1) is 0 Å². The predicted octanol–water partition coefficient (Wildman–Crippen LogP) is 4.12. The summed E-state index contributed by atoms with van der Waals surface area (Å²) in [5, 5.41) is 0. The van der Waals surface area contributed by atoms with Crippen LogP contribution in [0.25, 0.3) is 0 Å².